The third kappa shape index (κ3) is 3.48. The van der Waals surface area contributed by atoms with Gasteiger partial charge in [0.2, 0.25) is 0 Å². The maximum absolute atomic E-state index is 5.68. The quantitative estimate of drug-likeness (QED) is 0.458. The highest BCUT2D eigenvalue weighted by Crippen LogP contribution is 2.15. The van der Waals surface area contributed by atoms with Gasteiger partial charge in [-0.3, -0.25) is 0 Å². The smallest absolute Gasteiger partial charge is 0.180 e. The Bertz CT molecular complexity index is 537. The van der Waals surface area contributed by atoms with Crippen LogP contribution in [0, 0.1) is 3.70 Å². The van der Waals surface area contributed by atoms with Crippen molar-refractivity contribution in [3.05, 3.63) is 16.1 Å². The van der Waals surface area contributed by atoms with E-state index in [0.29, 0.717) is 6.73 Å². The van der Waals surface area contributed by atoms with E-state index in [1.165, 1.54) is 0 Å². The summed E-state index contributed by atoms with van der Waals surface area (Å²) < 4.78 is 8.32. The van der Waals surface area contributed by atoms with Crippen molar-refractivity contribution in [2.45, 2.75) is 32.4 Å². The van der Waals surface area contributed by atoms with Crippen molar-refractivity contribution in [3.8, 4) is 0 Å². The van der Waals surface area contributed by atoms with E-state index in [-0.39, 0.29) is 0 Å². The number of fused-ring (bicyclic) bond motifs is 1. The van der Waals surface area contributed by atoms with Crippen LogP contribution in [0.1, 0.15) is 0 Å². The van der Waals surface area contributed by atoms with Gasteiger partial charge in [0.05, 0.1) is 0 Å². The second-order valence-electron chi connectivity index (χ2n) is 5.37. The molecular weight excluding hydrogens is 359 g/mol. The van der Waals surface area contributed by atoms with Crippen LogP contribution in [0.5, 0.6) is 0 Å². The van der Waals surface area contributed by atoms with Gasteiger partial charge in [-0.25, -0.2) is 14.6 Å². The SMILES string of the molecule is C[Si](C)(C)CCOCn1nc(I)c2nccnc21. The molecule has 0 aliphatic carbocycles. The van der Waals surface area contributed by atoms with Crippen molar-refractivity contribution >= 4 is 41.8 Å². The molecule has 0 bridgehead atoms. The minimum Gasteiger partial charge on any atom is -0.359 e. The minimum absolute atomic E-state index is 0.447. The Morgan fingerprint density at radius 2 is 2.00 bits per heavy atom. The Morgan fingerprint density at radius 3 is 2.72 bits per heavy atom. The molecule has 0 amide bonds. The van der Waals surface area contributed by atoms with Gasteiger partial charge < -0.3 is 4.74 Å². The molecule has 0 saturated carbocycles. The normalized spacial score (nSPS) is 12.2. The topological polar surface area (TPSA) is 52.8 Å². The third-order valence-electron chi connectivity index (χ3n) is 2.54. The molecule has 2 rings (SSSR count). The number of hydrogen-bond donors (Lipinski definition) is 0. The van der Waals surface area contributed by atoms with Crippen molar-refractivity contribution < 1.29 is 4.74 Å². The van der Waals surface area contributed by atoms with Crippen LogP contribution < -0.4 is 0 Å². The summed E-state index contributed by atoms with van der Waals surface area (Å²) in [6, 6.07) is 1.16. The standard InChI is InChI=1S/C11H17IN4OSi/c1-18(2,3)7-6-17-8-16-11-9(10(12)15-16)13-4-5-14-11/h4-5H,6-8H2,1-3H3. The maximum Gasteiger partial charge on any atom is 0.180 e. The fourth-order valence-corrected chi connectivity index (χ4v) is 2.88. The van der Waals surface area contributed by atoms with Crippen LogP contribution >= 0.6 is 22.6 Å². The van der Waals surface area contributed by atoms with Crippen LogP contribution in [-0.4, -0.2) is 34.4 Å². The second kappa shape index (κ2) is 5.62. The molecule has 0 saturated heterocycles. The molecule has 0 atom stereocenters. The number of hydrogen-bond acceptors (Lipinski definition) is 4. The Hall–Kier alpha value is -0.543. The molecule has 0 N–H and O–H groups in total. The Kier molecular flexibility index (Phi) is 4.33. The Labute approximate surface area is 121 Å². The van der Waals surface area contributed by atoms with E-state index in [4.69, 9.17) is 4.74 Å². The first-order chi connectivity index (χ1) is 8.47. The summed E-state index contributed by atoms with van der Waals surface area (Å²) in [7, 11) is -1.03. The van der Waals surface area contributed by atoms with Crippen LogP contribution in [-0.2, 0) is 11.5 Å². The average molecular weight is 376 g/mol. The van der Waals surface area contributed by atoms with Crippen LogP contribution in [0.2, 0.25) is 25.7 Å². The number of ether oxygens (including phenoxy) is 1. The van der Waals surface area contributed by atoms with E-state index in [1.54, 1.807) is 17.1 Å². The molecule has 2 aromatic heterocycles. The van der Waals surface area contributed by atoms with Crippen LogP contribution in [0.4, 0.5) is 0 Å². The lowest BCUT2D eigenvalue weighted by Crippen LogP contribution is -2.22. The lowest BCUT2D eigenvalue weighted by atomic mass is 10.5. The van der Waals surface area contributed by atoms with E-state index < -0.39 is 8.07 Å². The first-order valence-corrected chi connectivity index (χ1v) is 10.7. The molecule has 0 fully saturated rings. The highest BCUT2D eigenvalue weighted by atomic mass is 127. The van der Waals surface area contributed by atoms with Crippen molar-refractivity contribution in [1.29, 1.82) is 0 Å². The van der Waals surface area contributed by atoms with Crippen LogP contribution in [0.25, 0.3) is 11.2 Å². The van der Waals surface area contributed by atoms with E-state index in [9.17, 15) is 0 Å². The first-order valence-electron chi connectivity index (χ1n) is 5.88. The summed E-state index contributed by atoms with van der Waals surface area (Å²) in [6.45, 7) is 8.26. The summed E-state index contributed by atoms with van der Waals surface area (Å²) in [5, 5.41) is 4.39. The van der Waals surface area contributed by atoms with Crippen LogP contribution in [0.15, 0.2) is 12.4 Å². The van der Waals surface area contributed by atoms with E-state index >= 15 is 0 Å². The zero-order valence-corrected chi connectivity index (χ0v) is 14.0. The first kappa shape index (κ1) is 13.9. The van der Waals surface area contributed by atoms with Crippen molar-refractivity contribution in [3.63, 3.8) is 0 Å². The summed E-state index contributed by atoms with van der Waals surface area (Å²) in [6.07, 6.45) is 3.36. The average Bonchev–Trinajstić information content (AvgIpc) is 2.62. The third-order valence-corrected chi connectivity index (χ3v) is 4.97. The van der Waals surface area contributed by atoms with E-state index in [0.717, 1.165) is 27.5 Å². The summed E-state index contributed by atoms with van der Waals surface area (Å²) in [4.78, 5) is 8.56. The number of halogens is 1. The van der Waals surface area contributed by atoms with Gasteiger partial charge in [0.25, 0.3) is 0 Å². The molecule has 18 heavy (non-hydrogen) atoms. The molecule has 0 radical (unpaired) electrons. The van der Waals surface area contributed by atoms with Gasteiger partial charge in [0.15, 0.2) is 9.35 Å². The van der Waals surface area contributed by atoms with Crippen molar-refractivity contribution in [2.24, 2.45) is 0 Å². The van der Waals surface area contributed by atoms with Crippen molar-refractivity contribution in [2.75, 3.05) is 6.61 Å². The fraction of sp³-hybridized carbons (Fsp3) is 0.545. The molecule has 0 unspecified atom stereocenters. The highest BCUT2D eigenvalue weighted by molar-refractivity contribution is 14.1. The van der Waals surface area contributed by atoms with E-state index in [1.807, 2.05) is 0 Å². The van der Waals surface area contributed by atoms with Gasteiger partial charge in [-0.2, -0.15) is 5.10 Å². The molecule has 2 aromatic rings. The Balaban J connectivity index is 2.00. The zero-order valence-electron chi connectivity index (χ0n) is 10.9. The zero-order chi connectivity index (χ0) is 13.2. The van der Waals surface area contributed by atoms with Gasteiger partial charge in [-0.15, -0.1) is 0 Å². The van der Waals surface area contributed by atoms with Gasteiger partial charge in [-0.05, 0) is 28.6 Å². The largest absolute Gasteiger partial charge is 0.359 e. The molecule has 7 heteroatoms. The van der Waals surface area contributed by atoms with Gasteiger partial charge in [0, 0.05) is 27.1 Å². The molecular formula is C11H17IN4OSi. The van der Waals surface area contributed by atoms with Gasteiger partial charge >= 0.3 is 0 Å². The highest BCUT2D eigenvalue weighted by Gasteiger charge is 2.13. The monoisotopic (exact) mass is 376 g/mol. The van der Waals surface area contributed by atoms with Gasteiger partial charge in [0.1, 0.15) is 12.2 Å². The number of nitrogens with zero attached hydrogens (tertiary/aromatic N) is 4. The second-order valence-corrected chi connectivity index (χ2v) is 12.0. The van der Waals surface area contributed by atoms with E-state index in [2.05, 4.69) is 57.3 Å². The Morgan fingerprint density at radius 1 is 1.28 bits per heavy atom. The maximum atomic E-state index is 5.68. The lowest BCUT2D eigenvalue weighted by Gasteiger charge is -2.15. The molecule has 98 valence electrons. The molecule has 0 spiro atoms. The number of rotatable bonds is 5. The lowest BCUT2D eigenvalue weighted by molar-refractivity contribution is 0.0810. The predicted molar refractivity (Wildman–Crippen MR) is 82.1 cm³/mol. The molecule has 0 aliphatic rings. The molecule has 0 aliphatic heterocycles. The van der Waals surface area contributed by atoms with Gasteiger partial charge in [-0.1, -0.05) is 19.6 Å². The predicted octanol–water partition coefficient (Wildman–Crippen LogP) is 2.74. The number of aromatic nitrogens is 4. The van der Waals surface area contributed by atoms with Crippen LogP contribution in [0.3, 0.4) is 0 Å². The summed E-state index contributed by atoms with van der Waals surface area (Å²) in [5.74, 6) is 0. The molecule has 5 nitrogen and oxygen atoms in total. The van der Waals surface area contributed by atoms with Crippen molar-refractivity contribution in [1.82, 2.24) is 19.7 Å². The fourth-order valence-electron chi connectivity index (χ4n) is 1.49. The summed E-state index contributed by atoms with van der Waals surface area (Å²) >= 11 is 2.17. The molecule has 0 aromatic carbocycles. The summed E-state index contributed by atoms with van der Waals surface area (Å²) in [5.41, 5.74) is 1.63. The molecule has 2 heterocycles. The minimum atomic E-state index is -1.03.